The molecule has 3 aromatic rings. The van der Waals surface area contributed by atoms with Crippen LogP contribution in [-0.4, -0.2) is 21.2 Å². The van der Waals surface area contributed by atoms with Crippen LogP contribution in [-0.2, 0) is 17.8 Å². The number of nitrogens with zero attached hydrogens (tertiary/aromatic N) is 2. The van der Waals surface area contributed by atoms with E-state index < -0.39 is 0 Å². The Kier molecular flexibility index (Phi) is 6.23. The first-order valence-corrected chi connectivity index (χ1v) is 11.5. The fourth-order valence-electron chi connectivity index (χ4n) is 4.05. The van der Waals surface area contributed by atoms with Crippen LogP contribution in [0.4, 0.5) is 0 Å². The molecule has 0 spiro atoms. The van der Waals surface area contributed by atoms with Gasteiger partial charge in [0.1, 0.15) is 0 Å². The van der Waals surface area contributed by atoms with Gasteiger partial charge in [-0.05, 0) is 48.4 Å². The number of benzene rings is 2. The number of hydrogen-bond acceptors (Lipinski definition) is 4. The summed E-state index contributed by atoms with van der Waals surface area (Å²) in [4.78, 5) is 30.4. The molecule has 1 atom stereocenters. The summed E-state index contributed by atoms with van der Waals surface area (Å²) in [5.74, 6) is 0.513. The summed E-state index contributed by atoms with van der Waals surface area (Å²) in [6.45, 7) is 4.73. The van der Waals surface area contributed by atoms with E-state index in [0.717, 1.165) is 19.3 Å². The number of para-hydroxylation sites is 1. The molecule has 1 aliphatic rings. The van der Waals surface area contributed by atoms with Gasteiger partial charge < -0.3 is 5.32 Å². The zero-order chi connectivity index (χ0) is 21.1. The Morgan fingerprint density at radius 3 is 2.80 bits per heavy atom. The number of aromatic nitrogens is 2. The van der Waals surface area contributed by atoms with Gasteiger partial charge in [-0.25, -0.2) is 4.98 Å². The fraction of sp³-hybridized carbons (Fsp3) is 0.375. The standard InChI is InChI=1S/C24H27N3O2S/c1-16(2)14-27-23(29)19-11-5-6-12-21(19)26-24(27)30-15-22(28)25-20-13-7-9-17-8-3-4-10-18(17)20/h3-6,8,10-12,16,20H,7,9,13-15H2,1-2H3,(H,25,28)/t20-/m1/s1. The number of carbonyl (C=O) groups is 1. The molecule has 4 rings (SSSR count). The predicted molar refractivity (Wildman–Crippen MR) is 122 cm³/mol. The van der Waals surface area contributed by atoms with Crippen molar-refractivity contribution in [2.75, 3.05) is 5.75 Å². The van der Waals surface area contributed by atoms with E-state index in [1.54, 1.807) is 4.57 Å². The molecule has 5 nitrogen and oxygen atoms in total. The van der Waals surface area contributed by atoms with Crippen LogP contribution in [0.5, 0.6) is 0 Å². The lowest BCUT2D eigenvalue weighted by Crippen LogP contribution is -2.32. The average Bonchev–Trinajstić information content (AvgIpc) is 2.74. The summed E-state index contributed by atoms with van der Waals surface area (Å²) < 4.78 is 1.71. The van der Waals surface area contributed by atoms with Gasteiger partial charge in [-0.3, -0.25) is 14.2 Å². The fourth-order valence-corrected chi connectivity index (χ4v) is 4.87. The summed E-state index contributed by atoms with van der Waals surface area (Å²) in [6, 6.07) is 15.8. The number of nitrogens with one attached hydrogen (secondary N) is 1. The van der Waals surface area contributed by atoms with E-state index in [4.69, 9.17) is 0 Å². The molecule has 1 heterocycles. The van der Waals surface area contributed by atoms with Crippen molar-refractivity contribution in [1.29, 1.82) is 0 Å². The van der Waals surface area contributed by atoms with Crippen molar-refractivity contribution in [1.82, 2.24) is 14.9 Å². The third-order valence-electron chi connectivity index (χ3n) is 5.41. The third kappa shape index (κ3) is 4.43. The van der Waals surface area contributed by atoms with Gasteiger partial charge in [-0.2, -0.15) is 0 Å². The number of aryl methyl sites for hydroxylation is 1. The summed E-state index contributed by atoms with van der Waals surface area (Å²) >= 11 is 1.34. The lowest BCUT2D eigenvalue weighted by molar-refractivity contribution is -0.119. The number of rotatable bonds is 6. The number of thioether (sulfide) groups is 1. The van der Waals surface area contributed by atoms with Crippen LogP contribution in [0.3, 0.4) is 0 Å². The second kappa shape index (κ2) is 9.04. The molecule has 1 aromatic heterocycles. The van der Waals surface area contributed by atoms with Crippen LogP contribution in [0.25, 0.3) is 10.9 Å². The maximum absolute atomic E-state index is 13.0. The minimum absolute atomic E-state index is 0.0276. The van der Waals surface area contributed by atoms with Gasteiger partial charge in [0.25, 0.3) is 5.56 Å². The second-order valence-electron chi connectivity index (χ2n) is 8.22. The van der Waals surface area contributed by atoms with E-state index in [9.17, 15) is 9.59 Å². The van der Waals surface area contributed by atoms with Crippen molar-refractivity contribution in [3.63, 3.8) is 0 Å². The first kappa shape index (κ1) is 20.7. The Bertz CT molecular complexity index is 1120. The highest BCUT2D eigenvalue weighted by Gasteiger charge is 2.22. The third-order valence-corrected chi connectivity index (χ3v) is 6.39. The predicted octanol–water partition coefficient (Wildman–Crippen LogP) is 4.34. The molecule has 1 aliphatic carbocycles. The van der Waals surface area contributed by atoms with Gasteiger partial charge in [-0.15, -0.1) is 0 Å². The van der Waals surface area contributed by atoms with Crippen molar-refractivity contribution in [2.24, 2.45) is 5.92 Å². The minimum Gasteiger partial charge on any atom is -0.349 e. The largest absolute Gasteiger partial charge is 0.349 e. The van der Waals surface area contributed by atoms with E-state index in [2.05, 4.69) is 42.3 Å². The van der Waals surface area contributed by atoms with Gasteiger partial charge in [0.15, 0.2) is 5.16 Å². The topological polar surface area (TPSA) is 64.0 Å². The van der Waals surface area contributed by atoms with E-state index >= 15 is 0 Å². The lowest BCUT2D eigenvalue weighted by Gasteiger charge is -2.26. The van der Waals surface area contributed by atoms with Gasteiger partial charge >= 0.3 is 0 Å². The molecule has 6 heteroatoms. The quantitative estimate of drug-likeness (QED) is 0.475. The van der Waals surface area contributed by atoms with E-state index in [1.807, 2.05) is 30.3 Å². The molecule has 1 N–H and O–H groups in total. The zero-order valence-corrected chi connectivity index (χ0v) is 18.2. The van der Waals surface area contributed by atoms with Gasteiger partial charge in [0, 0.05) is 6.54 Å². The molecule has 156 valence electrons. The average molecular weight is 422 g/mol. The lowest BCUT2D eigenvalue weighted by atomic mass is 9.88. The zero-order valence-electron chi connectivity index (χ0n) is 17.4. The maximum Gasteiger partial charge on any atom is 0.262 e. The molecule has 0 aliphatic heterocycles. The molecule has 0 unspecified atom stereocenters. The highest BCUT2D eigenvalue weighted by Crippen LogP contribution is 2.29. The first-order valence-electron chi connectivity index (χ1n) is 10.5. The van der Waals surface area contributed by atoms with Crippen molar-refractivity contribution in [3.8, 4) is 0 Å². The van der Waals surface area contributed by atoms with Crippen LogP contribution in [0.15, 0.2) is 58.5 Å². The Labute approximate surface area is 180 Å². The number of fused-ring (bicyclic) bond motifs is 2. The van der Waals surface area contributed by atoms with Crippen LogP contribution in [0.1, 0.15) is 43.9 Å². The van der Waals surface area contributed by atoms with Crippen molar-refractivity contribution in [2.45, 2.75) is 50.9 Å². The van der Waals surface area contributed by atoms with Gasteiger partial charge in [0.2, 0.25) is 5.91 Å². The number of carbonyl (C=O) groups excluding carboxylic acids is 1. The van der Waals surface area contributed by atoms with Crippen molar-refractivity contribution >= 4 is 28.6 Å². The summed E-state index contributed by atoms with van der Waals surface area (Å²) in [7, 11) is 0. The Hall–Kier alpha value is -2.60. The highest BCUT2D eigenvalue weighted by atomic mass is 32.2. The van der Waals surface area contributed by atoms with Crippen LogP contribution in [0, 0.1) is 5.92 Å². The van der Waals surface area contributed by atoms with Crippen molar-refractivity contribution < 1.29 is 4.79 Å². The van der Waals surface area contributed by atoms with E-state index in [1.165, 1.54) is 22.9 Å². The van der Waals surface area contributed by atoms with Crippen LogP contribution in [0.2, 0.25) is 0 Å². The SMILES string of the molecule is CC(C)Cn1c(SCC(=O)N[C@@H]2CCCc3ccccc32)nc2ccccc2c1=O. The molecule has 0 bridgehead atoms. The minimum atomic E-state index is -0.0431. The molecular formula is C24H27N3O2S. The van der Waals surface area contributed by atoms with Gasteiger partial charge in [0.05, 0.1) is 22.7 Å². The number of amides is 1. The second-order valence-corrected chi connectivity index (χ2v) is 9.16. The van der Waals surface area contributed by atoms with Crippen LogP contribution < -0.4 is 10.9 Å². The molecule has 2 aromatic carbocycles. The molecule has 0 fully saturated rings. The van der Waals surface area contributed by atoms with E-state index in [0.29, 0.717) is 28.5 Å². The molecule has 0 saturated carbocycles. The Balaban J connectivity index is 1.52. The van der Waals surface area contributed by atoms with Crippen LogP contribution >= 0.6 is 11.8 Å². The highest BCUT2D eigenvalue weighted by molar-refractivity contribution is 7.99. The van der Waals surface area contributed by atoms with Crippen molar-refractivity contribution in [3.05, 3.63) is 70.0 Å². The smallest absolute Gasteiger partial charge is 0.262 e. The van der Waals surface area contributed by atoms with E-state index in [-0.39, 0.29) is 23.3 Å². The number of hydrogen-bond donors (Lipinski definition) is 1. The summed E-state index contributed by atoms with van der Waals surface area (Å²) in [5.41, 5.74) is 3.18. The Morgan fingerprint density at radius 1 is 1.20 bits per heavy atom. The Morgan fingerprint density at radius 2 is 1.97 bits per heavy atom. The molecule has 1 amide bonds. The summed E-state index contributed by atoms with van der Waals surface area (Å²) in [5, 5.41) is 4.40. The monoisotopic (exact) mass is 421 g/mol. The first-order chi connectivity index (χ1) is 14.5. The molecule has 30 heavy (non-hydrogen) atoms. The molecule has 0 saturated heterocycles. The molecule has 0 radical (unpaired) electrons. The molecular weight excluding hydrogens is 394 g/mol. The van der Waals surface area contributed by atoms with Gasteiger partial charge in [-0.1, -0.05) is 62.0 Å². The summed E-state index contributed by atoms with van der Waals surface area (Å²) in [6.07, 6.45) is 3.11. The normalized spacial score (nSPS) is 15.9. The maximum atomic E-state index is 13.0.